The molecule has 0 aromatic carbocycles. The van der Waals surface area contributed by atoms with Gasteiger partial charge in [-0.1, -0.05) is 0 Å². The van der Waals surface area contributed by atoms with Gasteiger partial charge in [0.25, 0.3) is 0 Å². The number of piperazine rings is 1. The molecule has 0 aromatic rings. The number of hydrogen-bond donors (Lipinski definition) is 1. The van der Waals surface area contributed by atoms with Gasteiger partial charge in [0.2, 0.25) is 5.50 Å². The number of rotatable bonds is 1. The normalized spacial score (nSPS) is 35.5. The summed E-state index contributed by atoms with van der Waals surface area (Å²) in [6.07, 6.45) is 0. The third-order valence-corrected chi connectivity index (χ3v) is 5.88. The minimum absolute atomic E-state index is 0.397. The molecular formula is C11H23N4S2+. The predicted molar refractivity (Wildman–Crippen MR) is 77.5 cm³/mol. The van der Waals surface area contributed by atoms with Gasteiger partial charge in [-0.15, -0.1) is 0 Å². The Hall–Kier alpha value is 0.0900. The number of likely N-dealkylation sites (N-methyl/N-ethyl adjacent to an activating group) is 1. The first-order chi connectivity index (χ1) is 7.99. The average molecular weight is 275 g/mol. The van der Waals surface area contributed by atoms with Crippen molar-refractivity contribution in [1.82, 2.24) is 15.1 Å². The van der Waals surface area contributed by atoms with Gasteiger partial charge in [0.1, 0.15) is 12.1 Å². The van der Waals surface area contributed by atoms with Crippen LogP contribution in [0.3, 0.4) is 0 Å². The molecule has 2 heterocycles. The highest BCUT2D eigenvalue weighted by Crippen LogP contribution is 2.34. The Morgan fingerprint density at radius 3 is 2.35 bits per heavy atom. The zero-order valence-electron chi connectivity index (χ0n) is 11.3. The van der Waals surface area contributed by atoms with E-state index in [2.05, 4.69) is 54.7 Å². The molecule has 98 valence electrons. The molecule has 0 amide bonds. The van der Waals surface area contributed by atoms with Crippen LogP contribution in [-0.4, -0.2) is 71.4 Å². The third kappa shape index (κ3) is 2.92. The van der Waals surface area contributed by atoms with Gasteiger partial charge >= 0.3 is 5.17 Å². The van der Waals surface area contributed by atoms with E-state index in [1.54, 1.807) is 0 Å². The molecule has 17 heavy (non-hydrogen) atoms. The second-order valence-electron chi connectivity index (χ2n) is 5.27. The number of nitrogens with one attached hydrogen (secondary N) is 1. The van der Waals surface area contributed by atoms with E-state index in [0.29, 0.717) is 17.6 Å². The summed E-state index contributed by atoms with van der Waals surface area (Å²) in [5.41, 5.74) is 0.397. The smallest absolute Gasteiger partial charge is 0.298 e. The van der Waals surface area contributed by atoms with E-state index in [1.807, 2.05) is 21.6 Å². The Morgan fingerprint density at radius 2 is 1.88 bits per heavy atom. The first-order valence-corrected chi connectivity index (χ1v) is 8.30. The number of amidine groups is 1. The van der Waals surface area contributed by atoms with Gasteiger partial charge in [0.05, 0.1) is 0 Å². The molecule has 2 aliphatic rings. The summed E-state index contributed by atoms with van der Waals surface area (Å²) in [7, 11) is 10.2. The number of nitrogens with zero attached hydrogens (tertiary/aromatic N) is 3. The van der Waals surface area contributed by atoms with Gasteiger partial charge in [-0.25, -0.2) is 9.89 Å². The Morgan fingerprint density at radius 1 is 1.29 bits per heavy atom. The van der Waals surface area contributed by atoms with Crippen molar-refractivity contribution >= 4 is 26.8 Å². The van der Waals surface area contributed by atoms with Crippen LogP contribution < -0.4 is 5.32 Å². The Kier molecular flexibility index (Phi) is 4.28. The molecule has 2 fully saturated rings. The third-order valence-electron chi connectivity index (χ3n) is 3.27. The Labute approximate surface area is 112 Å². The fraction of sp³-hybridized carbons (Fsp3) is 0.909. The van der Waals surface area contributed by atoms with Gasteiger partial charge in [-0.05, 0) is 45.8 Å². The Bertz CT molecular complexity index is 305. The van der Waals surface area contributed by atoms with Gasteiger partial charge in [-0.3, -0.25) is 9.80 Å². The SMILES string of the molecule is CC1CN(C)CC(C)[N+]1=C1NC(N(C)C)SS1. The maximum Gasteiger partial charge on any atom is 0.319 e. The largest absolute Gasteiger partial charge is 0.319 e. The second-order valence-corrected chi connectivity index (χ2v) is 7.54. The first-order valence-electron chi connectivity index (χ1n) is 6.09. The Balaban J connectivity index is 2.15. The van der Waals surface area contributed by atoms with Gasteiger partial charge < -0.3 is 0 Å². The zero-order valence-corrected chi connectivity index (χ0v) is 12.9. The summed E-state index contributed by atoms with van der Waals surface area (Å²) in [5.74, 6) is 0. The van der Waals surface area contributed by atoms with Crippen LogP contribution >= 0.6 is 21.6 Å². The van der Waals surface area contributed by atoms with Crippen molar-refractivity contribution in [3.05, 3.63) is 0 Å². The van der Waals surface area contributed by atoms with Crippen LogP contribution in [-0.2, 0) is 0 Å². The molecule has 0 aliphatic carbocycles. The van der Waals surface area contributed by atoms with Crippen molar-refractivity contribution in [3.63, 3.8) is 0 Å². The highest BCUT2D eigenvalue weighted by Gasteiger charge is 2.37. The molecule has 0 bridgehead atoms. The van der Waals surface area contributed by atoms with Crippen LogP contribution in [0.5, 0.6) is 0 Å². The average Bonchev–Trinajstić information content (AvgIpc) is 2.65. The first kappa shape index (κ1) is 13.5. The van der Waals surface area contributed by atoms with E-state index in [0.717, 1.165) is 13.1 Å². The molecule has 3 unspecified atom stereocenters. The molecule has 0 radical (unpaired) electrons. The monoisotopic (exact) mass is 275 g/mol. The molecule has 0 saturated carbocycles. The maximum absolute atomic E-state index is 3.61. The molecule has 1 N–H and O–H groups in total. The standard InChI is InChI=1S/C11H22N4S2/c1-8-6-14(5)7-9(2)15(8)11-12-10(13(3)4)16-17-11/h8-10H,6-7H2,1-5H3/p+1. The highest BCUT2D eigenvalue weighted by atomic mass is 33.1. The summed E-state index contributed by atoms with van der Waals surface area (Å²) in [5, 5.41) is 4.95. The highest BCUT2D eigenvalue weighted by molar-refractivity contribution is 8.83. The van der Waals surface area contributed by atoms with Crippen molar-refractivity contribution < 1.29 is 4.58 Å². The minimum Gasteiger partial charge on any atom is -0.298 e. The van der Waals surface area contributed by atoms with Crippen molar-refractivity contribution in [2.75, 3.05) is 34.2 Å². The van der Waals surface area contributed by atoms with Crippen LogP contribution in [0.25, 0.3) is 0 Å². The maximum atomic E-state index is 3.61. The van der Waals surface area contributed by atoms with Crippen molar-refractivity contribution in [1.29, 1.82) is 0 Å². The van der Waals surface area contributed by atoms with E-state index in [-0.39, 0.29) is 0 Å². The van der Waals surface area contributed by atoms with Crippen LogP contribution in [0.2, 0.25) is 0 Å². The molecule has 0 spiro atoms. The topological polar surface area (TPSA) is 21.5 Å². The van der Waals surface area contributed by atoms with Crippen LogP contribution in [0, 0.1) is 0 Å². The fourth-order valence-corrected chi connectivity index (χ4v) is 5.37. The summed E-state index contributed by atoms with van der Waals surface area (Å²) >= 11 is 0. The quantitative estimate of drug-likeness (QED) is 0.565. The molecule has 3 atom stereocenters. The fourth-order valence-electron chi connectivity index (χ4n) is 2.56. The van der Waals surface area contributed by atoms with E-state index in [1.165, 1.54) is 5.17 Å². The van der Waals surface area contributed by atoms with Crippen LogP contribution in [0.15, 0.2) is 0 Å². The molecule has 4 nitrogen and oxygen atoms in total. The van der Waals surface area contributed by atoms with Crippen molar-refractivity contribution in [2.24, 2.45) is 0 Å². The van der Waals surface area contributed by atoms with E-state index in [4.69, 9.17) is 0 Å². The summed E-state index contributed by atoms with van der Waals surface area (Å²) in [4.78, 5) is 4.64. The van der Waals surface area contributed by atoms with Gasteiger partial charge in [0, 0.05) is 23.9 Å². The lowest BCUT2D eigenvalue weighted by molar-refractivity contribution is -0.605. The van der Waals surface area contributed by atoms with Crippen molar-refractivity contribution in [3.8, 4) is 0 Å². The lowest BCUT2D eigenvalue weighted by atomic mass is 10.1. The molecule has 2 rings (SSSR count). The molecule has 0 aromatic heterocycles. The summed E-state index contributed by atoms with van der Waals surface area (Å²) in [6.45, 7) is 6.92. The van der Waals surface area contributed by atoms with E-state index < -0.39 is 0 Å². The van der Waals surface area contributed by atoms with E-state index >= 15 is 0 Å². The van der Waals surface area contributed by atoms with E-state index in [9.17, 15) is 0 Å². The molecule has 6 heteroatoms. The number of hydrogen-bond acceptors (Lipinski definition) is 4. The summed E-state index contributed by atoms with van der Waals surface area (Å²) in [6, 6.07) is 1.17. The van der Waals surface area contributed by atoms with Gasteiger partial charge in [0.15, 0.2) is 0 Å². The minimum atomic E-state index is 0.397. The van der Waals surface area contributed by atoms with Gasteiger partial charge in [-0.2, -0.15) is 0 Å². The second kappa shape index (κ2) is 5.38. The molecule has 2 saturated heterocycles. The summed E-state index contributed by atoms with van der Waals surface area (Å²) < 4.78 is 2.54. The molecular weight excluding hydrogens is 252 g/mol. The lowest BCUT2D eigenvalue weighted by Gasteiger charge is -2.34. The van der Waals surface area contributed by atoms with Crippen molar-refractivity contribution in [2.45, 2.75) is 31.4 Å². The van der Waals surface area contributed by atoms with Crippen LogP contribution in [0.1, 0.15) is 13.8 Å². The van der Waals surface area contributed by atoms with Crippen LogP contribution in [0.4, 0.5) is 0 Å². The predicted octanol–water partition coefficient (Wildman–Crippen LogP) is 0.907. The zero-order chi connectivity index (χ0) is 12.6. The molecule has 2 aliphatic heterocycles. The lowest BCUT2D eigenvalue weighted by Crippen LogP contribution is -2.54.